The highest BCUT2D eigenvalue weighted by Crippen LogP contribution is 2.13. The van der Waals surface area contributed by atoms with Crippen LogP contribution in [0.4, 0.5) is 5.82 Å². The maximum absolute atomic E-state index is 5.83. The van der Waals surface area contributed by atoms with E-state index in [9.17, 15) is 0 Å². The molecular formula is C12H21N3S. The van der Waals surface area contributed by atoms with E-state index < -0.39 is 0 Å². The normalized spacial score (nSPS) is 13.0. The molecule has 0 aliphatic rings. The molecule has 0 spiro atoms. The summed E-state index contributed by atoms with van der Waals surface area (Å²) in [5, 5.41) is 0. The van der Waals surface area contributed by atoms with Gasteiger partial charge < -0.3 is 5.73 Å². The van der Waals surface area contributed by atoms with Gasteiger partial charge >= 0.3 is 0 Å². The van der Waals surface area contributed by atoms with Gasteiger partial charge in [0.1, 0.15) is 5.82 Å². The van der Waals surface area contributed by atoms with Gasteiger partial charge in [-0.25, -0.2) is 4.98 Å². The van der Waals surface area contributed by atoms with E-state index in [1.807, 2.05) is 23.9 Å². The summed E-state index contributed by atoms with van der Waals surface area (Å²) in [6.45, 7) is 3.12. The smallest absolute Gasteiger partial charge is 0.127 e. The van der Waals surface area contributed by atoms with Crippen LogP contribution in [0, 0.1) is 0 Å². The van der Waals surface area contributed by atoms with Crippen LogP contribution >= 0.6 is 11.8 Å². The van der Waals surface area contributed by atoms with Crippen LogP contribution in [0.2, 0.25) is 0 Å². The number of thioether (sulfide) groups is 1. The third-order valence-corrected chi connectivity index (χ3v) is 3.48. The zero-order valence-corrected chi connectivity index (χ0v) is 11.1. The van der Waals surface area contributed by atoms with Crippen molar-refractivity contribution in [2.75, 3.05) is 24.8 Å². The lowest BCUT2D eigenvalue weighted by atomic mass is 10.2. The minimum absolute atomic E-state index is 0.576. The molecule has 1 atom stereocenters. The molecule has 0 saturated heterocycles. The fourth-order valence-electron chi connectivity index (χ4n) is 1.52. The van der Waals surface area contributed by atoms with Gasteiger partial charge in [-0.05, 0) is 38.5 Å². The van der Waals surface area contributed by atoms with E-state index in [-0.39, 0.29) is 0 Å². The number of anilines is 1. The molecule has 0 aromatic carbocycles. The Hall–Kier alpha value is -0.740. The van der Waals surface area contributed by atoms with Gasteiger partial charge in [-0.2, -0.15) is 11.8 Å². The summed E-state index contributed by atoms with van der Waals surface area (Å²) in [7, 11) is 2.14. The number of aromatic nitrogens is 1. The number of nitrogen functional groups attached to an aromatic ring is 1. The molecule has 0 aliphatic heterocycles. The second-order valence-electron chi connectivity index (χ2n) is 4.09. The largest absolute Gasteiger partial charge is 0.383 e. The number of pyridine rings is 1. The molecular weight excluding hydrogens is 218 g/mol. The van der Waals surface area contributed by atoms with Crippen molar-refractivity contribution in [2.24, 2.45) is 0 Å². The molecule has 0 radical (unpaired) electrons. The maximum Gasteiger partial charge on any atom is 0.127 e. The highest BCUT2D eigenvalue weighted by Gasteiger charge is 2.10. The predicted molar refractivity (Wildman–Crippen MR) is 72.6 cm³/mol. The standard InChI is InChI=1S/C12H21N3S/c1-10(6-8-16-3)15(2)9-11-5-4-7-14-12(11)13/h4-5,7,10H,6,8-9H2,1-3H3,(H2,13,14). The average molecular weight is 239 g/mol. The second-order valence-corrected chi connectivity index (χ2v) is 5.08. The first-order chi connectivity index (χ1) is 7.65. The molecule has 1 aromatic rings. The zero-order valence-electron chi connectivity index (χ0n) is 10.3. The van der Waals surface area contributed by atoms with E-state index >= 15 is 0 Å². The van der Waals surface area contributed by atoms with Crippen LogP contribution in [0.1, 0.15) is 18.9 Å². The maximum atomic E-state index is 5.83. The highest BCUT2D eigenvalue weighted by atomic mass is 32.2. The molecule has 0 saturated carbocycles. The number of hydrogen-bond acceptors (Lipinski definition) is 4. The Balaban J connectivity index is 2.50. The van der Waals surface area contributed by atoms with Crippen molar-refractivity contribution in [1.29, 1.82) is 0 Å². The van der Waals surface area contributed by atoms with Gasteiger partial charge in [-0.15, -0.1) is 0 Å². The molecule has 4 heteroatoms. The lowest BCUT2D eigenvalue weighted by Gasteiger charge is -2.24. The summed E-state index contributed by atoms with van der Waals surface area (Å²) in [5.41, 5.74) is 6.94. The van der Waals surface area contributed by atoms with Crippen molar-refractivity contribution >= 4 is 17.6 Å². The third-order valence-electron chi connectivity index (χ3n) is 2.84. The Bertz CT molecular complexity index is 317. The summed E-state index contributed by atoms with van der Waals surface area (Å²) < 4.78 is 0. The van der Waals surface area contributed by atoms with E-state index in [4.69, 9.17) is 5.73 Å². The lowest BCUT2D eigenvalue weighted by molar-refractivity contribution is 0.245. The zero-order chi connectivity index (χ0) is 12.0. The molecule has 1 heterocycles. The monoisotopic (exact) mass is 239 g/mol. The summed E-state index contributed by atoms with van der Waals surface area (Å²) >= 11 is 1.89. The van der Waals surface area contributed by atoms with E-state index in [0.29, 0.717) is 11.9 Å². The van der Waals surface area contributed by atoms with Crippen LogP contribution in [-0.2, 0) is 6.54 Å². The lowest BCUT2D eigenvalue weighted by Crippen LogP contribution is -2.29. The summed E-state index contributed by atoms with van der Waals surface area (Å²) in [5.74, 6) is 1.85. The molecule has 0 aliphatic carbocycles. The van der Waals surface area contributed by atoms with Crippen molar-refractivity contribution in [1.82, 2.24) is 9.88 Å². The minimum atomic E-state index is 0.576. The van der Waals surface area contributed by atoms with Gasteiger partial charge in [0.05, 0.1) is 0 Å². The summed E-state index contributed by atoms with van der Waals surface area (Å²) in [6, 6.07) is 4.55. The van der Waals surface area contributed by atoms with Crippen LogP contribution in [0.5, 0.6) is 0 Å². The van der Waals surface area contributed by atoms with Gasteiger partial charge in [0, 0.05) is 24.3 Å². The van der Waals surface area contributed by atoms with E-state index in [1.54, 1.807) is 6.20 Å². The molecule has 1 rings (SSSR count). The molecule has 0 amide bonds. The van der Waals surface area contributed by atoms with Crippen LogP contribution in [0.15, 0.2) is 18.3 Å². The third kappa shape index (κ3) is 4.02. The topological polar surface area (TPSA) is 42.2 Å². The van der Waals surface area contributed by atoms with Crippen molar-refractivity contribution in [3.05, 3.63) is 23.9 Å². The summed E-state index contributed by atoms with van der Waals surface area (Å²) in [6.07, 6.45) is 5.08. The number of rotatable bonds is 6. The van der Waals surface area contributed by atoms with Crippen LogP contribution < -0.4 is 5.73 Å². The van der Waals surface area contributed by atoms with E-state index in [0.717, 1.165) is 12.1 Å². The molecule has 16 heavy (non-hydrogen) atoms. The van der Waals surface area contributed by atoms with Crippen LogP contribution in [0.3, 0.4) is 0 Å². The molecule has 3 nitrogen and oxygen atoms in total. The van der Waals surface area contributed by atoms with Gasteiger partial charge in [-0.1, -0.05) is 6.07 Å². The van der Waals surface area contributed by atoms with Gasteiger partial charge in [0.2, 0.25) is 0 Å². The Kier molecular flexibility index (Phi) is 5.63. The Morgan fingerprint density at radius 3 is 2.94 bits per heavy atom. The quantitative estimate of drug-likeness (QED) is 0.826. The fourth-order valence-corrected chi connectivity index (χ4v) is 2.09. The molecule has 1 unspecified atom stereocenters. The van der Waals surface area contributed by atoms with E-state index in [2.05, 4.69) is 30.1 Å². The van der Waals surface area contributed by atoms with Crippen molar-refractivity contribution in [3.8, 4) is 0 Å². The fraction of sp³-hybridized carbons (Fsp3) is 0.583. The minimum Gasteiger partial charge on any atom is -0.383 e. The Morgan fingerprint density at radius 1 is 1.56 bits per heavy atom. The molecule has 2 N–H and O–H groups in total. The van der Waals surface area contributed by atoms with Gasteiger partial charge in [0.15, 0.2) is 0 Å². The van der Waals surface area contributed by atoms with Crippen molar-refractivity contribution in [3.63, 3.8) is 0 Å². The average Bonchev–Trinajstić information content (AvgIpc) is 2.28. The van der Waals surface area contributed by atoms with Gasteiger partial charge in [-0.3, -0.25) is 4.90 Å². The highest BCUT2D eigenvalue weighted by molar-refractivity contribution is 7.98. The number of hydrogen-bond donors (Lipinski definition) is 1. The Labute approximate surface area is 102 Å². The number of nitrogens with two attached hydrogens (primary N) is 1. The van der Waals surface area contributed by atoms with Crippen LogP contribution in [-0.4, -0.2) is 35.0 Å². The van der Waals surface area contributed by atoms with E-state index in [1.165, 1.54) is 12.2 Å². The molecule has 90 valence electrons. The Morgan fingerprint density at radius 2 is 2.31 bits per heavy atom. The van der Waals surface area contributed by atoms with Crippen molar-refractivity contribution in [2.45, 2.75) is 25.9 Å². The van der Waals surface area contributed by atoms with Gasteiger partial charge in [0.25, 0.3) is 0 Å². The molecule has 0 bridgehead atoms. The first kappa shape index (κ1) is 13.3. The SMILES string of the molecule is CSCCC(C)N(C)Cc1cccnc1N. The first-order valence-corrected chi connectivity index (χ1v) is 6.93. The van der Waals surface area contributed by atoms with Crippen LogP contribution in [0.25, 0.3) is 0 Å². The number of nitrogens with zero attached hydrogens (tertiary/aromatic N) is 2. The molecule has 0 fully saturated rings. The van der Waals surface area contributed by atoms with Crippen molar-refractivity contribution < 1.29 is 0 Å². The predicted octanol–water partition coefficient (Wildman–Crippen LogP) is 2.24. The summed E-state index contributed by atoms with van der Waals surface area (Å²) in [4.78, 5) is 6.42. The first-order valence-electron chi connectivity index (χ1n) is 5.53. The molecule has 1 aromatic heterocycles. The second kappa shape index (κ2) is 6.76.